The number of amides is 1. The number of nitrogens with zero attached hydrogens (tertiary/aromatic N) is 3. The number of carbonyl (C=O) groups is 1. The van der Waals surface area contributed by atoms with Crippen molar-refractivity contribution >= 4 is 16.8 Å². The quantitative estimate of drug-likeness (QED) is 0.815. The first-order valence-corrected chi connectivity index (χ1v) is 6.92. The van der Waals surface area contributed by atoms with Gasteiger partial charge in [-0.1, -0.05) is 6.07 Å². The van der Waals surface area contributed by atoms with Gasteiger partial charge in [0.15, 0.2) is 0 Å². The van der Waals surface area contributed by atoms with Gasteiger partial charge in [-0.25, -0.2) is 0 Å². The van der Waals surface area contributed by atoms with Gasteiger partial charge in [-0.15, -0.1) is 0 Å². The Hall–Kier alpha value is -1.88. The number of carbonyl (C=O) groups excluding carboxylic acids is 1. The van der Waals surface area contributed by atoms with Crippen LogP contribution in [0.3, 0.4) is 0 Å². The van der Waals surface area contributed by atoms with Crippen molar-refractivity contribution in [2.24, 2.45) is 7.05 Å². The number of nitrogens with one attached hydrogen (secondary N) is 1. The fourth-order valence-electron chi connectivity index (χ4n) is 2.14. The molecule has 2 rings (SSSR count). The molecule has 5 heteroatoms. The summed E-state index contributed by atoms with van der Waals surface area (Å²) in [5.74, 6) is -0.0255. The smallest absolute Gasteiger partial charge is 0.251 e. The van der Waals surface area contributed by atoms with Crippen LogP contribution in [-0.4, -0.2) is 47.8 Å². The minimum absolute atomic E-state index is 0.0255. The van der Waals surface area contributed by atoms with Crippen LogP contribution in [-0.2, 0) is 7.05 Å². The van der Waals surface area contributed by atoms with E-state index >= 15 is 0 Å². The Morgan fingerprint density at radius 2 is 2.15 bits per heavy atom. The lowest BCUT2D eigenvalue weighted by Crippen LogP contribution is -2.25. The van der Waals surface area contributed by atoms with Crippen molar-refractivity contribution in [2.45, 2.75) is 12.8 Å². The Balaban J connectivity index is 1.87. The van der Waals surface area contributed by atoms with Crippen molar-refractivity contribution in [3.8, 4) is 0 Å². The molecule has 0 aliphatic rings. The first-order chi connectivity index (χ1) is 9.56. The van der Waals surface area contributed by atoms with Crippen LogP contribution in [0, 0.1) is 0 Å². The summed E-state index contributed by atoms with van der Waals surface area (Å²) in [6, 6.07) is 5.62. The average Bonchev–Trinajstić information content (AvgIpc) is 2.76. The van der Waals surface area contributed by atoms with Gasteiger partial charge < -0.3 is 10.2 Å². The van der Waals surface area contributed by atoms with Gasteiger partial charge >= 0.3 is 0 Å². The lowest BCUT2D eigenvalue weighted by Gasteiger charge is -2.09. The van der Waals surface area contributed by atoms with Crippen molar-refractivity contribution in [1.29, 1.82) is 0 Å². The highest BCUT2D eigenvalue weighted by Crippen LogP contribution is 2.13. The highest BCUT2D eigenvalue weighted by molar-refractivity contribution is 5.97. The molecule has 20 heavy (non-hydrogen) atoms. The van der Waals surface area contributed by atoms with E-state index in [2.05, 4.69) is 29.4 Å². The van der Waals surface area contributed by atoms with E-state index in [4.69, 9.17) is 0 Å². The Bertz CT molecular complexity index is 589. The van der Waals surface area contributed by atoms with Crippen LogP contribution < -0.4 is 5.32 Å². The number of rotatable bonds is 6. The largest absolute Gasteiger partial charge is 0.352 e. The number of hydrogen-bond acceptors (Lipinski definition) is 3. The second-order valence-electron chi connectivity index (χ2n) is 5.34. The van der Waals surface area contributed by atoms with Crippen LogP contribution in [0.15, 0.2) is 24.4 Å². The van der Waals surface area contributed by atoms with Crippen molar-refractivity contribution in [3.05, 3.63) is 30.0 Å². The molecular formula is C15H22N4O. The molecule has 5 nitrogen and oxygen atoms in total. The van der Waals surface area contributed by atoms with Gasteiger partial charge in [0, 0.05) is 30.7 Å². The second kappa shape index (κ2) is 6.52. The number of unbranched alkanes of at least 4 members (excludes halogenated alkanes) is 1. The van der Waals surface area contributed by atoms with Crippen molar-refractivity contribution in [2.75, 3.05) is 27.2 Å². The van der Waals surface area contributed by atoms with E-state index in [1.165, 1.54) is 0 Å². The van der Waals surface area contributed by atoms with Gasteiger partial charge in [0.2, 0.25) is 0 Å². The molecule has 0 unspecified atom stereocenters. The van der Waals surface area contributed by atoms with Crippen LogP contribution in [0.25, 0.3) is 10.9 Å². The molecule has 0 bridgehead atoms. The lowest BCUT2D eigenvalue weighted by molar-refractivity contribution is 0.0953. The molecule has 0 fully saturated rings. The zero-order valence-electron chi connectivity index (χ0n) is 12.4. The molecule has 0 radical (unpaired) electrons. The second-order valence-corrected chi connectivity index (χ2v) is 5.34. The van der Waals surface area contributed by atoms with Crippen molar-refractivity contribution in [1.82, 2.24) is 20.0 Å². The maximum absolute atomic E-state index is 12.0. The summed E-state index contributed by atoms with van der Waals surface area (Å²) in [5, 5.41) is 8.32. The highest BCUT2D eigenvalue weighted by atomic mass is 16.1. The normalized spacial score (nSPS) is 11.2. The molecule has 0 saturated carbocycles. The molecule has 2 aromatic rings. The predicted molar refractivity (Wildman–Crippen MR) is 80.8 cm³/mol. The first-order valence-electron chi connectivity index (χ1n) is 6.92. The van der Waals surface area contributed by atoms with Crippen LogP contribution >= 0.6 is 0 Å². The molecule has 0 saturated heterocycles. The minimum Gasteiger partial charge on any atom is -0.352 e. The molecule has 1 amide bonds. The number of aromatic nitrogens is 2. The Morgan fingerprint density at radius 1 is 1.35 bits per heavy atom. The van der Waals surface area contributed by atoms with Crippen molar-refractivity contribution < 1.29 is 4.79 Å². The summed E-state index contributed by atoms with van der Waals surface area (Å²) in [6.07, 6.45) is 4.03. The summed E-state index contributed by atoms with van der Waals surface area (Å²) in [6.45, 7) is 1.77. The van der Waals surface area contributed by atoms with Crippen LogP contribution in [0.5, 0.6) is 0 Å². The fourth-order valence-corrected chi connectivity index (χ4v) is 2.14. The minimum atomic E-state index is -0.0255. The Labute approximate surface area is 119 Å². The zero-order chi connectivity index (χ0) is 14.5. The Kier molecular flexibility index (Phi) is 4.74. The molecule has 108 valence electrons. The van der Waals surface area contributed by atoms with Crippen molar-refractivity contribution in [3.63, 3.8) is 0 Å². The van der Waals surface area contributed by atoms with E-state index in [1.54, 1.807) is 4.68 Å². The monoisotopic (exact) mass is 274 g/mol. The third kappa shape index (κ3) is 3.81. The van der Waals surface area contributed by atoms with Gasteiger partial charge in [0.1, 0.15) is 0 Å². The maximum atomic E-state index is 12.0. The molecule has 1 N–H and O–H groups in total. The summed E-state index contributed by atoms with van der Waals surface area (Å²) >= 11 is 0. The topological polar surface area (TPSA) is 50.2 Å². The van der Waals surface area contributed by atoms with E-state index < -0.39 is 0 Å². The third-order valence-electron chi connectivity index (χ3n) is 3.20. The predicted octanol–water partition coefficient (Wildman–Crippen LogP) is 1.64. The van der Waals surface area contributed by atoms with E-state index in [0.29, 0.717) is 12.1 Å². The van der Waals surface area contributed by atoms with Gasteiger partial charge in [0.05, 0.1) is 5.52 Å². The molecule has 1 aromatic heterocycles. The molecule has 1 heterocycles. The summed E-state index contributed by atoms with van der Waals surface area (Å²) in [5.41, 5.74) is 1.52. The van der Waals surface area contributed by atoms with Crippen LogP contribution in [0.1, 0.15) is 23.2 Å². The first kappa shape index (κ1) is 14.5. The lowest BCUT2D eigenvalue weighted by atomic mass is 10.1. The highest BCUT2D eigenvalue weighted by Gasteiger charge is 2.07. The average molecular weight is 274 g/mol. The molecular weight excluding hydrogens is 252 g/mol. The van der Waals surface area contributed by atoms with Gasteiger partial charge in [-0.3, -0.25) is 9.48 Å². The van der Waals surface area contributed by atoms with Gasteiger partial charge in [0.25, 0.3) is 5.91 Å². The zero-order valence-corrected chi connectivity index (χ0v) is 12.4. The molecule has 0 atom stereocenters. The van der Waals surface area contributed by atoms with E-state index in [9.17, 15) is 4.79 Å². The molecule has 0 aliphatic heterocycles. The summed E-state index contributed by atoms with van der Waals surface area (Å²) < 4.78 is 1.76. The molecule has 1 aromatic carbocycles. The standard InChI is InChI=1S/C15H22N4O/c1-18(2)9-5-4-8-16-15(20)12-6-7-13-11-19(3)17-14(13)10-12/h6-7,10-11H,4-5,8-9H2,1-3H3,(H,16,20). The van der Waals surface area contributed by atoms with Crippen LogP contribution in [0.4, 0.5) is 0 Å². The number of aryl methyl sites for hydroxylation is 1. The SMILES string of the molecule is CN(C)CCCCNC(=O)c1ccc2cn(C)nc2c1. The summed E-state index contributed by atoms with van der Waals surface area (Å²) in [4.78, 5) is 14.2. The number of hydrogen-bond donors (Lipinski definition) is 1. The van der Waals surface area contributed by atoms with E-state index in [0.717, 1.165) is 30.3 Å². The van der Waals surface area contributed by atoms with Gasteiger partial charge in [-0.05, 0) is 45.6 Å². The fraction of sp³-hybridized carbons (Fsp3) is 0.467. The van der Waals surface area contributed by atoms with E-state index in [1.807, 2.05) is 31.4 Å². The number of benzene rings is 1. The maximum Gasteiger partial charge on any atom is 0.251 e. The van der Waals surface area contributed by atoms with E-state index in [-0.39, 0.29) is 5.91 Å². The third-order valence-corrected chi connectivity index (χ3v) is 3.20. The molecule has 0 aliphatic carbocycles. The van der Waals surface area contributed by atoms with Gasteiger partial charge in [-0.2, -0.15) is 5.10 Å². The summed E-state index contributed by atoms with van der Waals surface area (Å²) in [7, 11) is 5.99. The number of fused-ring (bicyclic) bond motifs is 1. The Morgan fingerprint density at radius 3 is 2.90 bits per heavy atom. The van der Waals surface area contributed by atoms with Crippen LogP contribution in [0.2, 0.25) is 0 Å². The molecule has 0 spiro atoms.